The Labute approximate surface area is 124 Å². The van der Waals surface area contributed by atoms with Crippen LogP contribution in [0.25, 0.3) is 0 Å². The zero-order chi connectivity index (χ0) is 15.5. The van der Waals surface area contributed by atoms with Crippen LogP contribution >= 0.6 is 0 Å². The number of aryl methyl sites for hydroxylation is 2. The molecule has 0 unspecified atom stereocenters. The molecule has 0 amide bonds. The fourth-order valence-corrected chi connectivity index (χ4v) is 3.19. The van der Waals surface area contributed by atoms with E-state index in [9.17, 15) is 8.42 Å². The number of nitrogens with zero attached hydrogens (tertiary/aromatic N) is 1. The van der Waals surface area contributed by atoms with Gasteiger partial charge < -0.3 is 9.15 Å². The number of nitrogens with one attached hydrogen (secondary N) is 1. The molecule has 0 aliphatic carbocycles. The van der Waals surface area contributed by atoms with Crippen molar-refractivity contribution in [2.45, 2.75) is 25.2 Å². The van der Waals surface area contributed by atoms with E-state index in [2.05, 4.69) is 9.71 Å². The van der Waals surface area contributed by atoms with E-state index in [1.54, 1.807) is 25.1 Å². The van der Waals surface area contributed by atoms with Gasteiger partial charge in [-0.3, -0.25) is 0 Å². The lowest BCUT2D eigenvalue weighted by Crippen LogP contribution is -2.26. The summed E-state index contributed by atoms with van der Waals surface area (Å²) in [5.41, 5.74) is 1.56. The Morgan fingerprint density at radius 2 is 2.10 bits per heavy atom. The van der Waals surface area contributed by atoms with Gasteiger partial charge in [0.15, 0.2) is 5.89 Å². The molecule has 1 aromatic carbocycles. The van der Waals surface area contributed by atoms with Crippen molar-refractivity contribution < 1.29 is 17.6 Å². The molecular weight excluding hydrogens is 292 g/mol. The molecule has 0 saturated heterocycles. The first-order valence-electron chi connectivity index (χ1n) is 6.47. The van der Waals surface area contributed by atoms with Crippen molar-refractivity contribution in [3.05, 3.63) is 41.6 Å². The fourth-order valence-electron chi connectivity index (χ4n) is 1.91. The zero-order valence-corrected chi connectivity index (χ0v) is 13.0. The Kier molecular flexibility index (Phi) is 4.64. The number of hydrogen-bond acceptors (Lipinski definition) is 5. The minimum atomic E-state index is -3.62. The number of benzene rings is 1. The summed E-state index contributed by atoms with van der Waals surface area (Å²) in [7, 11) is -2.18. The SMILES string of the molecule is COc1ccc(C)cc1S(=O)(=O)NCCc1coc(C)n1. The van der Waals surface area contributed by atoms with Gasteiger partial charge in [0.05, 0.1) is 12.8 Å². The summed E-state index contributed by atoms with van der Waals surface area (Å²) < 4.78 is 37.4. The Morgan fingerprint density at radius 1 is 1.33 bits per heavy atom. The number of methoxy groups -OCH3 is 1. The highest BCUT2D eigenvalue weighted by molar-refractivity contribution is 7.89. The van der Waals surface area contributed by atoms with Crippen LogP contribution in [0.5, 0.6) is 5.75 Å². The molecule has 6 nitrogen and oxygen atoms in total. The number of hydrogen-bond donors (Lipinski definition) is 1. The highest BCUT2D eigenvalue weighted by Gasteiger charge is 2.19. The minimum absolute atomic E-state index is 0.140. The van der Waals surface area contributed by atoms with Crippen LogP contribution in [-0.2, 0) is 16.4 Å². The molecular formula is C14H18N2O4S. The summed E-state index contributed by atoms with van der Waals surface area (Å²) in [6.45, 7) is 3.81. The zero-order valence-electron chi connectivity index (χ0n) is 12.2. The standard InChI is InChI=1S/C14H18N2O4S/c1-10-4-5-13(19-3)14(8-10)21(17,18)15-7-6-12-9-20-11(2)16-12/h4-5,8-9,15H,6-7H2,1-3H3. The van der Waals surface area contributed by atoms with Crippen LogP contribution in [-0.4, -0.2) is 27.1 Å². The van der Waals surface area contributed by atoms with Crippen molar-refractivity contribution in [1.29, 1.82) is 0 Å². The highest BCUT2D eigenvalue weighted by atomic mass is 32.2. The van der Waals surface area contributed by atoms with Crippen molar-refractivity contribution in [2.75, 3.05) is 13.7 Å². The third kappa shape index (κ3) is 3.83. The second-order valence-electron chi connectivity index (χ2n) is 4.66. The number of rotatable bonds is 6. The minimum Gasteiger partial charge on any atom is -0.495 e. The van der Waals surface area contributed by atoms with E-state index in [0.717, 1.165) is 5.56 Å². The lowest BCUT2D eigenvalue weighted by molar-refractivity contribution is 0.402. The second-order valence-corrected chi connectivity index (χ2v) is 6.40. The fraction of sp³-hybridized carbons (Fsp3) is 0.357. The molecule has 0 bridgehead atoms. The summed E-state index contributed by atoms with van der Waals surface area (Å²) in [5, 5.41) is 0. The molecule has 0 atom stereocenters. The van der Waals surface area contributed by atoms with Gasteiger partial charge in [0.25, 0.3) is 0 Å². The first-order valence-corrected chi connectivity index (χ1v) is 7.96. The molecule has 0 fully saturated rings. The Morgan fingerprint density at radius 3 is 2.71 bits per heavy atom. The van der Waals surface area contributed by atoms with Gasteiger partial charge in [-0.25, -0.2) is 18.1 Å². The summed E-state index contributed by atoms with van der Waals surface area (Å²) in [6.07, 6.45) is 1.99. The maximum Gasteiger partial charge on any atom is 0.244 e. The largest absolute Gasteiger partial charge is 0.495 e. The van der Waals surface area contributed by atoms with E-state index in [1.807, 2.05) is 6.92 Å². The predicted octanol–water partition coefficient (Wildman–Crippen LogP) is 1.82. The number of sulfonamides is 1. The molecule has 1 aromatic heterocycles. The molecule has 21 heavy (non-hydrogen) atoms. The quantitative estimate of drug-likeness (QED) is 0.880. The van der Waals surface area contributed by atoms with Gasteiger partial charge in [0, 0.05) is 19.9 Å². The molecule has 114 valence electrons. The first kappa shape index (κ1) is 15.5. The number of ether oxygens (including phenoxy) is 1. The van der Waals surface area contributed by atoms with Gasteiger partial charge in [-0.2, -0.15) is 0 Å². The third-order valence-corrected chi connectivity index (χ3v) is 4.43. The molecule has 1 heterocycles. The Balaban J connectivity index is 2.09. The van der Waals surface area contributed by atoms with Gasteiger partial charge in [-0.1, -0.05) is 6.07 Å². The molecule has 2 rings (SSSR count). The van der Waals surface area contributed by atoms with Crippen LogP contribution in [0.2, 0.25) is 0 Å². The normalized spacial score (nSPS) is 11.6. The van der Waals surface area contributed by atoms with Crippen molar-refractivity contribution in [2.24, 2.45) is 0 Å². The van der Waals surface area contributed by atoms with E-state index in [4.69, 9.17) is 9.15 Å². The lowest BCUT2D eigenvalue weighted by Gasteiger charge is -2.11. The van der Waals surface area contributed by atoms with E-state index >= 15 is 0 Å². The van der Waals surface area contributed by atoms with Crippen LogP contribution < -0.4 is 9.46 Å². The van der Waals surface area contributed by atoms with Crippen LogP contribution in [0.4, 0.5) is 0 Å². The first-order chi connectivity index (χ1) is 9.92. The summed E-state index contributed by atoms with van der Waals surface area (Å²) in [4.78, 5) is 4.26. The van der Waals surface area contributed by atoms with Crippen molar-refractivity contribution in [1.82, 2.24) is 9.71 Å². The van der Waals surface area contributed by atoms with E-state index < -0.39 is 10.0 Å². The van der Waals surface area contributed by atoms with E-state index in [1.165, 1.54) is 13.4 Å². The van der Waals surface area contributed by atoms with Gasteiger partial charge in [0.2, 0.25) is 10.0 Å². The van der Waals surface area contributed by atoms with Crippen LogP contribution in [0.1, 0.15) is 17.1 Å². The number of oxazole rings is 1. The van der Waals surface area contributed by atoms with Gasteiger partial charge in [-0.05, 0) is 24.6 Å². The molecule has 0 aliphatic rings. The molecule has 0 aliphatic heterocycles. The van der Waals surface area contributed by atoms with Crippen LogP contribution in [0.15, 0.2) is 33.8 Å². The van der Waals surface area contributed by atoms with E-state index in [0.29, 0.717) is 23.8 Å². The molecule has 0 saturated carbocycles. The summed E-state index contributed by atoms with van der Waals surface area (Å²) >= 11 is 0. The summed E-state index contributed by atoms with van der Waals surface area (Å²) in [5.74, 6) is 0.888. The van der Waals surface area contributed by atoms with Gasteiger partial charge in [0.1, 0.15) is 16.9 Å². The van der Waals surface area contributed by atoms with E-state index in [-0.39, 0.29) is 11.4 Å². The second kappa shape index (κ2) is 6.28. The molecule has 7 heteroatoms. The van der Waals surface area contributed by atoms with Gasteiger partial charge in [-0.15, -0.1) is 0 Å². The molecule has 0 radical (unpaired) electrons. The van der Waals surface area contributed by atoms with Crippen LogP contribution in [0, 0.1) is 13.8 Å². The predicted molar refractivity (Wildman–Crippen MR) is 77.9 cm³/mol. The molecule has 0 spiro atoms. The average molecular weight is 310 g/mol. The Hall–Kier alpha value is -1.86. The third-order valence-electron chi connectivity index (χ3n) is 2.95. The van der Waals surface area contributed by atoms with Crippen LogP contribution in [0.3, 0.4) is 0 Å². The van der Waals surface area contributed by atoms with Crippen molar-refractivity contribution >= 4 is 10.0 Å². The highest BCUT2D eigenvalue weighted by Crippen LogP contribution is 2.24. The Bertz CT molecular complexity index is 722. The van der Waals surface area contributed by atoms with Crippen molar-refractivity contribution in [3.8, 4) is 5.75 Å². The number of aromatic nitrogens is 1. The maximum atomic E-state index is 12.3. The average Bonchev–Trinajstić information content (AvgIpc) is 2.84. The van der Waals surface area contributed by atoms with Crippen molar-refractivity contribution in [3.63, 3.8) is 0 Å². The topological polar surface area (TPSA) is 81.4 Å². The van der Waals surface area contributed by atoms with Gasteiger partial charge >= 0.3 is 0 Å². The molecule has 2 aromatic rings. The summed E-state index contributed by atoms with van der Waals surface area (Å²) in [6, 6.07) is 5.03. The molecule has 1 N–H and O–H groups in total. The maximum absolute atomic E-state index is 12.3. The monoisotopic (exact) mass is 310 g/mol. The lowest BCUT2D eigenvalue weighted by atomic mass is 10.2. The smallest absolute Gasteiger partial charge is 0.244 e.